The zero-order valence-electron chi connectivity index (χ0n) is 10.2. The van der Waals surface area contributed by atoms with Gasteiger partial charge in [0.15, 0.2) is 0 Å². The summed E-state index contributed by atoms with van der Waals surface area (Å²) in [6.07, 6.45) is 0.932. The van der Waals surface area contributed by atoms with E-state index in [-0.39, 0.29) is 0 Å². The predicted molar refractivity (Wildman–Crippen MR) is 72.2 cm³/mol. The van der Waals surface area contributed by atoms with Crippen molar-refractivity contribution in [1.82, 2.24) is 0 Å². The molecule has 0 spiro atoms. The molecule has 0 heterocycles. The van der Waals surface area contributed by atoms with Crippen molar-refractivity contribution in [2.75, 3.05) is 39.3 Å². The van der Waals surface area contributed by atoms with Gasteiger partial charge in [0, 0.05) is 12.9 Å². The van der Waals surface area contributed by atoms with Crippen LogP contribution in [0.3, 0.4) is 0 Å². The van der Waals surface area contributed by atoms with Crippen molar-refractivity contribution in [3.05, 3.63) is 29.8 Å². The van der Waals surface area contributed by atoms with Crippen LogP contribution in [0, 0.1) is 0 Å². The molecule has 1 aromatic rings. The van der Waals surface area contributed by atoms with Crippen LogP contribution in [0.25, 0.3) is 0 Å². The second-order valence-corrected chi connectivity index (χ2v) is 4.02. The fourth-order valence-electron chi connectivity index (χ4n) is 1.36. The van der Waals surface area contributed by atoms with Gasteiger partial charge in [-0.25, -0.2) is 0 Å². The zero-order valence-corrected chi connectivity index (χ0v) is 11.1. The highest BCUT2D eigenvalue weighted by molar-refractivity contribution is 7.80. The second-order valence-electron chi connectivity index (χ2n) is 3.57. The Balaban J connectivity index is 2.20. The summed E-state index contributed by atoms with van der Waals surface area (Å²) in [4.78, 5) is 0. The molecule has 0 N–H and O–H groups in total. The van der Waals surface area contributed by atoms with E-state index in [2.05, 4.69) is 24.8 Å². The topological polar surface area (TPSA) is 27.7 Å². The van der Waals surface area contributed by atoms with Crippen molar-refractivity contribution in [2.45, 2.75) is 6.42 Å². The van der Waals surface area contributed by atoms with Gasteiger partial charge in [-0.3, -0.25) is 0 Å². The number of hydrogen-bond acceptors (Lipinski definition) is 4. The Morgan fingerprint density at radius 1 is 1.00 bits per heavy atom. The van der Waals surface area contributed by atoms with E-state index in [0.717, 1.165) is 24.5 Å². The number of hydrogen-bond donors (Lipinski definition) is 1. The lowest BCUT2D eigenvalue weighted by Crippen LogP contribution is -2.08. The zero-order chi connectivity index (χ0) is 12.3. The van der Waals surface area contributed by atoms with Crippen LogP contribution in [0.1, 0.15) is 5.56 Å². The third kappa shape index (κ3) is 6.56. The number of benzene rings is 1. The van der Waals surface area contributed by atoms with Gasteiger partial charge < -0.3 is 14.2 Å². The van der Waals surface area contributed by atoms with Crippen molar-refractivity contribution in [2.24, 2.45) is 0 Å². The van der Waals surface area contributed by atoms with Crippen LogP contribution in [0.2, 0.25) is 0 Å². The first kappa shape index (κ1) is 14.4. The summed E-state index contributed by atoms with van der Waals surface area (Å²) in [6.45, 7) is 2.59. The lowest BCUT2D eigenvalue weighted by atomic mass is 10.1. The predicted octanol–water partition coefficient (Wildman–Crippen LogP) is 2.20. The number of rotatable bonds is 9. The maximum Gasteiger partial charge on any atom is 0.119 e. The molecule has 0 unspecified atom stereocenters. The molecule has 0 aliphatic rings. The van der Waals surface area contributed by atoms with Crippen molar-refractivity contribution in [3.8, 4) is 5.75 Å². The molecule has 0 aromatic heterocycles. The summed E-state index contributed by atoms with van der Waals surface area (Å²) in [5, 5.41) is 0. The molecule has 4 heteroatoms. The molecule has 0 atom stereocenters. The monoisotopic (exact) mass is 256 g/mol. The SMILES string of the molecule is COCCc1ccc(OCCOCCS)cc1. The third-order valence-electron chi connectivity index (χ3n) is 2.25. The Bertz CT molecular complexity index is 287. The fraction of sp³-hybridized carbons (Fsp3) is 0.538. The van der Waals surface area contributed by atoms with Gasteiger partial charge in [-0.1, -0.05) is 12.1 Å². The van der Waals surface area contributed by atoms with E-state index in [4.69, 9.17) is 14.2 Å². The van der Waals surface area contributed by atoms with Gasteiger partial charge >= 0.3 is 0 Å². The number of ether oxygens (including phenoxy) is 3. The third-order valence-corrected chi connectivity index (χ3v) is 2.43. The van der Waals surface area contributed by atoms with Gasteiger partial charge in [0.2, 0.25) is 0 Å². The van der Waals surface area contributed by atoms with Crippen LogP contribution in [0.15, 0.2) is 24.3 Å². The molecule has 1 aromatic carbocycles. The van der Waals surface area contributed by atoms with Crippen molar-refractivity contribution < 1.29 is 14.2 Å². The van der Waals surface area contributed by atoms with E-state index in [1.165, 1.54) is 5.56 Å². The molecular formula is C13H20O3S. The Morgan fingerprint density at radius 2 is 1.76 bits per heavy atom. The van der Waals surface area contributed by atoms with Crippen molar-refractivity contribution in [1.29, 1.82) is 0 Å². The van der Waals surface area contributed by atoms with E-state index in [1.807, 2.05) is 12.1 Å². The minimum atomic E-state index is 0.575. The first-order valence-corrected chi connectivity index (χ1v) is 6.39. The van der Waals surface area contributed by atoms with Gasteiger partial charge in [0.25, 0.3) is 0 Å². The summed E-state index contributed by atoms with van der Waals surface area (Å²) in [7, 11) is 1.71. The Kier molecular flexibility index (Phi) is 7.88. The van der Waals surface area contributed by atoms with Crippen molar-refractivity contribution in [3.63, 3.8) is 0 Å². The van der Waals surface area contributed by atoms with Gasteiger partial charge in [0.05, 0.1) is 19.8 Å². The van der Waals surface area contributed by atoms with E-state index >= 15 is 0 Å². The molecule has 0 aliphatic heterocycles. The van der Waals surface area contributed by atoms with E-state index in [9.17, 15) is 0 Å². The summed E-state index contributed by atoms with van der Waals surface area (Å²) in [6, 6.07) is 8.07. The van der Waals surface area contributed by atoms with E-state index < -0.39 is 0 Å². The minimum Gasteiger partial charge on any atom is -0.491 e. The summed E-state index contributed by atoms with van der Waals surface area (Å²) in [5.74, 6) is 1.62. The average molecular weight is 256 g/mol. The van der Waals surface area contributed by atoms with E-state index in [0.29, 0.717) is 19.8 Å². The molecule has 0 saturated heterocycles. The van der Waals surface area contributed by atoms with Crippen molar-refractivity contribution >= 4 is 12.6 Å². The summed E-state index contributed by atoms with van der Waals surface area (Å²) >= 11 is 4.06. The van der Waals surface area contributed by atoms with Gasteiger partial charge in [-0.15, -0.1) is 0 Å². The van der Waals surface area contributed by atoms with Gasteiger partial charge in [-0.05, 0) is 24.1 Å². The Hall–Kier alpha value is -0.710. The van der Waals surface area contributed by atoms with Crippen LogP contribution in [0.5, 0.6) is 5.75 Å². The Morgan fingerprint density at radius 3 is 2.41 bits per heavy atom. The second kappa shape index (κ2) is 9.33. The first-order chi connectivity index (χ1) is 8.36. The molecular weight excluding hydrogens is 236 g/mol. The molecule has 0 saturated carbocycles. The largest absolute Gasteiger partial charge is 0.491 e. The lowest BCUT2D eigenvalue weighted by Gasteiger charge is -2.07. The lowest BCUT2D eigenvalue weighted by molar-refractivity contribution is 0.112. The van der Waals surface area contributed by atoms with Crippen LogP contribution >= 0.6 is 12.6 Å². The molecule has 0 aliphatic carbocycles. The van der Waals surface area contributed by atoms with Crippen LogP contribution in [-0.2, 0) is 15.9 Å². The highest BCUT2D eigenvalue weighted by Crippen LogP contribution is 2.12. The van der Waals surface area contributed by atoms with Crippen LogP contribution in [0.4, 0.5) is 0 Å². The molecule has 0 amide bonds. The summed E-state index contributed by atoms with van der Waals surface area (Å²) < 4.78 is 15.8. The van der Waals surface area contributed by atoms with Crippen LogP contribution < -0.4 is 4.74 Å². The highest BCUT2D eigenvalue weighted by atomic mass is 32.1. The molecule has 3 nitrogen and oxygen atoms in total. The average Bonchev–Trinajstić information content (AvgIpc) is 2.37. The van der Waals surface area contributed by atoms with Crippen LogP contribution in [-0.4, -0.2) is 39.3 Å². The maximum absolute atomic E-state index is 5.53. The molecule has 0 fully saturated rings. The van der Waals surface area contributed by atoms with Gasteiger partial charge in [-0.2, -0.15) is 12.6 Å². The summed E-state index contributed by atoms with van der Waals surface area (Å²) in [5.41, 5.74) is 1.26. The number of thiol groups is 1. The smallest absolute Gasteiger partial charge is 0.119 e. The number of methoxy groups -OCH3 is 1. The normalized spacial score (nSPS) is 10.5. The molecule has 1 rings (SSSR count). The maximum atomic E-state index is 5.53. The fourth-order valence-corrected chi connectivity index (χ4v) is 1.49. The molecule has 96 valence electrons. The molecule has 17 heavy (non-hydrogen) atoms. The van der Waals surface area contributed by atoms with E-state index in [1.54, 1.807) is 7.11 Å². The minimum absolute atomic E-state index is 0.575. The first-order valence-electron chi connectivity index (χ1n) is 5.76. The molecule has 0 radical (unpaired) electrons. The quantitative estimate of drug-likeness (QED) is 0.542. The standard InChI is InChI=1S/C13H20O3S/c1-14-7-6-12-2-4-13(5-3-12)16-9-8-15-10-11-17/h2-5,17H,6-11H2,1H3. The molecule has 0 bridgehead atoms. The highest BCUT2D eigenvalue weighted by Gasteiger charge is 1.96. The Labute approximate surface area is 108 Å². The van der Waals surface area contributed by atoms with Gasteiger partial charge in [0.1, 0.15) is 12.4 Å².